The number of fused-ring (bicyclic) bond motifs is 1. The molecule has 0 saturated carbocycles. The van der Waals surface area contributed by atoms with Crippen molar-refractivity contribution in [3.05, 3.63) is 51.7 Å². The monoisotopic (exact) mass is 272 g/mol. The first-order valence-corrected chi connectivity index (χ1v) is 7.63. The minimum absolute atomic E-state index is 0.104. The maximum atomic E-state index is 6.38. The molecule has 0 fully saturated rings. The van der Waals surface area contributed by atoms with Crippen LogP contribution in [-0.2, 0) is 6.42 Å². The van der Waals surface area contributed by atoms with Crippen LogP contribution in [0.25, 0.3) is 0 Å². The van der Waals surface area contributed by atoms with Gasteiger partial charge in [-0.2, -0.15) is 0 Å². The first-order valence-electron chi connectivity index (χ1n) is 6.81. The summed E-state index contributed by atoms with van der Waals surface area (Å²) in [5.41, 5.74) is 9.18. The van der Waals surface area contributed by atoms with Crippen molar-refractivity contribution in [1.29, 1.82) is 0 Å². The van der Waals surface area contributed by atoms with E-state index in [-0.39, 0.29) is 6.04 Å². The summed E-state index contributed by atoms with van der Waals surface area (Å²) in [6.07, 6.45) is 1.13. The topological polar surface area (TPSA) is 29.3 Å². The van der Waals surface area contributed by atoms with E-state index in [2.05, 4.69) is 55.1 Å². The highest BCUT2D eigenvalue weighted by Crippen LogP contribution is 2.33. The Hall–Kier alpha value is -1.32. The molecular weight excluding hydrogens is 252 g/mol. The van der Waals surface area contributed by atoms with E-state index in [9.17, 15) is 0 Å². The number of hydrogen-bond donors (Lipinski definition) is 1. The van der Waals surface area contributed by atoms with E-state index in [1.54, 1.807) is 0 Å². The summed E-state index contributed by atoms with van der Waals surface area (Å²) in [6.45, 7) is 5.32. The normalized spacial score (nSPS) is 19.5. The Morgan fingerprint density at radius 1 is 1.32 bits per heavy atom. The molecule has 0 radical (unpaired) electrons. The van der Waals surface area contributed by atoms with Gasteiger partial charge >= 0.3 is 0 Å². The predicted molar refractivity (Wildman–Crippen MR) is 82.9 cm³/mol. The SMILES string of the molecule is Cc1ccc(C(N)CN2c3ccccc3CC2C)s1. The second kappa shape index (κ2) is 4.99. The van der Waals surface area contributed by atoms with Gasteiger partial charge in [-0.05, 0) is 44.0 Å². The zero-order chi connectivity index (χ0) is 13.4. The zero-order valence-corrected chi connectivity index (χ0v) is 12.3. The first kappa shape index (κ1) is 12.7. The number of rotatable bonds is 3. The van der Waals surface area contributed by atoms with Gasteiger partial charge in [0.2, 0.25) is 0 Å². The molecule has 2 aromatic rings. The van der Waals surface area contributed by atoms with Crippen LogP contribution in [0, 0.1) is 6.92 Å². The number of para-hydroxylation sites is 1. The van der Waals surface area contributed by atoms with Crippen LogP contribution >= 0.6 is 11.3 Å². The minimum atomic E-state index is 0.104. The van der Waals surface area contributed by atoms with Gasteiger partial charge in [0.25, 0.3) is 0 Å². The molecule has 2 nitrogen and oxygen atoms in total. The number of aryl methyl sites for hydroxylation is 1. The second-order valence-electron chi connectivity index (χ2n) is 5.39. The molecule has 2 N–H and O–H groups in total. The van der Waals surface area contributed by atoms with Crippen molar-refractivity contribution in [1.82, 2.24) is 0 Å². The quantitative estimate of drug-likeness (QED) is 0.926. The molecule has 3 rings (SSSR count). The van der Waals surface area contributed by atoms with E-state index in [4.69, 9.17) is 5.73 Å². The lowest BCUT2D eigenvalue weighted by molar-refractivity contribution is 0.614. The fourth-order valence-corrected chi connectivity index (χ4v) is 3.73. The van der Waals surface area contributed by atoms with E-state index in [0.717, 1.165) is 13.0 Å². The molecule has 0 aliphatic carbocycles. The third-order valence-corrected chi connectivity index (χ3v) is 5.00. The number of nitrogens with zero attached hydrogens (tertiary/aromatic N) is 1. The van der Waals surface area contributed by atoms with Crippen LogP contribution in [0.5, 0.6) is 0 Å². The van der Waals surface area contributed by atoms with Gasteiger partial charge in [-0.25, -0.2) is 0 Å². The van der Waals surface area contributed by atoms with Crippen LogP contribution in [-0.4, -0.2) is 12.6 Å². The summed E-state index contributed by atoms with van der Waals surface area (Å²) in [4.78, 5) is 5.07. The third kappa shape index (κ3) is 2.40. The van der Waals surface area contributed by atoms with Gasteiger partial charge in [0.15, 0.2) is 0 Å². The Labute approximate surface area is 118 Å². The Morgan fingerprint density at radius 3 is 2.84 bits per heavy atom. The number of benzene rings is 1. The molecule has 2 heterocycles. The van der Waals surface area contributed by atoms with Crippen molar-refractivity contribution in [3.8, 4) is 0 Å². The molecule has 1 aliphatic rings. The summed E-state index contributed by atoms with van der Waals surface area (Å²) in [6, 6.07) is 13.6. The van der Waals surface area contributed by atoms with Gasteiger partial charge in [0, 0.05) is 28.0 Å². The smallest absolute Gasteiger partial charge is 0.0568 e. The summed E-state index contributed by atoms with van der Waals surface area (Å²) in [5.74, 6) is 0. The third-order valence-electron chi connectivity index (χ3n) is 3.87. The lowest BCUT2D eigenvalue weighted by Crippen LogP contribution is -2.35. The maximum Gasteiger partial charge on any atom is 0.0568 e. The van der Waals surface area contributed by atoms with Crippen molar-refractivity contribution in [2.75, 3.05) is 11.4 Å². The van der Waals surface area contributed by atoms with E-state index < -0.39 is 0 Å². The van der Waals surface area contributed by atoms with Gasteiger partial charge < -0.3 is 10.6 Å². The van der Waals surface area contributed by atoms with Crippen molar-refractivity contribution in [2.24, 2.45) is 5.73 Å². The molecule has 2 unspecified atom stereocenters. The number of hydrogen-bond acceptors (Lipinski definition) is 3. The van der Waals surface area contributed by atoms with Crippen LogP contribution in [0.3, 0.4) is 0 Å². The molecule has 19 heavy (non-hydrogen) atoms. The number of thiophene rings is 1. The standard InChI is InChI=1S/C16H20N2S/c1-11-9-13-5-3-4-6-15(13)18(11)10-14(17)16-8-7-12(2)19-16/h3-8,11,14H,9-10,17H2,1-2H3. The highest BCUT2D eigenvalue weighted by Gasteiger charge is 2.27. The fraction of sp³-hybridized carbons (Fsp3) is 0.375. The highest BCUT2D eigenvalue weighted by atomic mass is 32.1. The van der Waals surface area contributed by atoms with Crippen molar-refractivity contribution < 1.29 is 0 Å². The average molecular weight is 272 g/mol. The fourth-order valence-electron chi connectivity index (χ4n) is 2.86. The first-order chi connectivity index (χ1) is 9.15. The van der Waals surface area contributed by atoms with Gasteiger partial charge in [-0.1, -0.05) is 18.2 Å². The Balaban J connectivity index is 1.80. The second-order valence-corrected chi connectivity index (χ2v) is 6.71. The van der Waals surface area contributed by atoms with Crippen LogP contribution < -0.4 is 10.6 Å². The van der Waals surface area contributed by atoms with Gasteiger partial charge in [0.05, 0.1) is 6.04 Å². The van der Waals surface area contributed by atoms with Gasteiger partial charge in [0.1, 0.15) is 0 Å². The molecule has 0 amide bonds. The Bertz CT molecular complexity index is 576. The minimum Gasteiger partial charge on any atom is -0.366 e. The summed E-state index contributed by atoms with van der Waals surface area (Å²) < 4.78 is 0. The molecular formula is C16H20N2S. The Morgan fingerprint density at radius 2 is 2.11 bits per heavy atom. The summed E-state index contributed by atoms with van der Waals surface area (Å²) in [7, 11) is 0. The molecule has 1 aliphatic heterocycles. The van der Waals surface area contributed by atoms with E-state index in [0.29, 0.717) is 6.04 Å². The summed E-state index contributed by atoms with van der Waals surface area (Å²) in [5, 5.41) is 0. The van der Waals surface area contributed by atoms with Crippen LogP contribution in [0.2, 0.25) is 0 Å². The molecule has 3 heteroatoms. The zero-order valence-electron chi connectivity index (χ0n) is 11.5. The maximum absolute atomic E-state index is 6.38. The van der Waals surface area contributed by atoms with Crippen LogP contribution in [0.15, 0.2) is 36.4 Å². The van der Waals surface area contributed by atoms with Crippen LogP contribution in [0.1, 0.15) is 28.3 Å². The number of anilines is 1. The van der Waals surface area contributed by atoms with Crippen LogP contribution in [0.4, 0.5) is 5.69 Å². The average Bonchev–Trinajstić information content (AvgIpc) is 2.95. The molecule has 2 atom stereocenters. The van der Waals surface area contributed by atoms with Crippen molar-refractivity contribution in [2.45, 2.75) is 32.4 Å². The van der Waals surface area contributed by atoms with E-state index >= 15 is 0 Å². The largest absolute Gasteiger partial charge is 0.366 e. The lowest BCUT2D eigenvalue weighted by atomic mass is 10.1. The van der Waals surface area contributed by atoms with Gasteiger partial charge in [-0.15, -0.1) is 11.3 Å². The van der Waals surface area contributed by atoms with Crippen molar-refractivity contribution in [3.63, 3.8) is 0 Å². The molecule has 0 bridgehead atoms. The Kier molecular flexibility index (Phi) is 3.33. The number of nitrogens with two attached hydrogens (primary N) is 1. The van der Waals surface area contributed by atoms with E-state index in [1.165, 1.54) is 21.0 Å². The predicted octanol–water partition coefficient (Wildman–Crippen LogP) is 3.51. The molecule has 1 aromatic carbocycles. The molecule has 0 spiro atoms. The molecule has 1 aromatic heterocycles. The highest BCUT2D eigenvalue weighted by molar-refractivity contribution is 7.12. The summed E-state index contributed by atoms with van der Waals surface area (Å²) >= 11 is 1.81. The van der Waals surface area contributed by atoms with Gasteiger partial charge in [-0.3, -0.25) is 0 Å². The lowest BCUT2D eigenvalue weighted by Gasteiger charge is -2.27. The van der Waals surface area contributed by atoms with E-state index in [1.807, 2.05) is 11.3 Å². The molecule has 0 saturated heterocycles. The van der Waals surface area contributed by atoms with Crippen molar-refractivity contribution >= 4 is 17.0 Å². The molecule has 100 valence electrons.